The lowest BCUT2D eigenvalue weighted by Crippen LogP contribution is -2.47. The minimum absolute atomic E-state index is 0.0655. The van der Waals surface area contributed by atoms with Gasteiger partial charge in [0.2, 0.25) is 5.91 Å². The van der Waals surface area contributed by atoms with Crippen LogP contribution < -0.4 is 10.1 Å². The molecule has 2 atom stereocenters. The quantitative estimate of drug-likeness (QED) is 0.664. The summed E-state index contributed by atoms with van der Waals surface area (Å²) in [7, 11) is 1.56. The molecule has 5 nitrogen and oxygen atoms in total. The third-order valence-electron chi connectivity index (χ3n) is 5.48. The summed E-state index contributed by atoms with van der Waals surface area (Å²) in [5, 5.41) is 13.8. The molecule has 1 aliphatic rings. The van der Waals surface area contributed by atoms with Crippen molar-refractivity contribution in [1.82, 2.24) is 10.2 Å². The summed E-state index contributed by atoms with van der Waals surface area (Å²) in [5.74, 6) is 0.315. The monoisotopic (exact) mass is 436 g/mol. The van der Waals surface area contributed by atoms with Crippen molar-refractivity contribution in [1.29, 1.82) is 0 Å². The maximum atomic E-state index is 12.7. The van der Waals surface area contributed by atoms with Crippen LogP contribution in [-0.2, 0) is 17.4 Å². The largest absolute Gasteiger partial charge is 0.497 e. The third kappa shape index (κ3) is 6.45. The lowest BCUT2D eigenvalue weighted by atomic mass is 10.0. The number of nitrogens with zero attached hydrogens (tertiary/aromatic N) is 1. The summed E-state index contributed by atoms with van der Waals surface area (Å²) in [4.78, 5) is 14.8. The molecule has 0 spiro atoms. The second-order valence-electron chi connectivity index (χ2n) is 7.77. The zero-order valence-electron chi connectivity index (χ0n) is 17.4. The number of methoxy groups -OCH3 is 1. The van der Waals surface area contributed by atoms with E-state index >= 15 is 0 Å². The first-order valence-corrected chi connectivity index (χ1v) is 10.3. The lowest BCUT2D eigenvalue weighted by Gasteiger charge is -2.29. The fraction of sp³-hybridized carbons (Fsp3) is 0.435. The number of rotatable bonds is 8. The van der Waals surface area contributed by atoms with E-state index in [4.69, 9.17) is 4.74 Å². The first kappa shape index (κ1) is 23.1. The van der Waals surface area contributed by atoms with Crippen LogP contribution in [0.3, 0.4) is 0 Å². The van der Waals surface area contributed by atoms with Crippen LogP contribution in [0.1, 0.15) is 35.6 Å². The highest BCUT2D eigenvalue weighted by molar-refractivity contribution is 5.79. The molecule has 0 saturated carbocycles. The van der Waals surface area contributed by atoms with Crippen LogP contribution in [0.15, 0.2) is 48.5 Å². The molecule has 0 radical (unpaired) electrons. The minimum Gasteiger partial charge on any atom is -0.497 e. The first-order valence-electron chi connectivity index (χ1n) is 10.3. The Hall–Kier alpha value is -2.58. The Morgan fingerprint density at radius 1 is 1.10 bits per heavy atom. The van der Waals surface area contributed by atoms with E-state index in [2.05, 4.69) is 10.2 Å². The molecule has 2 aromatic rings. The average molecular weight is 436 g/mol. The summed E-state index contributed by atoms with van der Waals surface area (Å²) < 4.78 is 43.3. The van der Waals surface area contributed by atoms with Gasteiger partial charge in [0.1, 0.15) is 11.9 Å². The van der Waals surface area contributed by atoms with Crippen LogP contribution in [-0.4, -0.2) is 48.7 Å². The smallest absolute Gasteiger partial charge is 0.416 e. The van der Waals surface area contributed by atoms with Crippen LogP contribution in [0.2, 0.25) is 0 Å². The number of halogens is 3. The number of aliphatic hydroxyl groups excluding tert-OH is 1. The molecule has 1 heterocycles. The first-order chi connectivity index (χ1) is 14.8. The van der Waals surface area contributed by atoms with Crippen molar-refractivity contribution in [2.75, 3.05) is 26.7 Å². The molecule has 2 aromatic carbocycles. The molecule has 1 fully saturated rings. The number of likely N-dealkylation sites (tertiary alicyclic amines) is 1. The van der Waals surface area contributed by atoms with E-state index < -0.39 is 23.9 Å². The number of carbonyl (C=O) groups excluding carboxylic acids is 1. The van der Waals surface area contributed by atoms with E-state index in [-0.39, 0.29) is 12.3 Å². The average Bonchev–Trinajstić information content (AvgIpc) is 3.25. The van der Waals surface area contributed by atoms with E-state index in [0.29, 0.717) is 23.4 Å². The maximum absolute atomic E-state index is 12.7. The Kier molecular flexibility index (Phi) is 7.56. The van der Waals surface area contributed by atoms with Gasteiger partial charge in [-0.1, -0.05) is 24.3 Å². The van der Waals surface area contributed by atoms with Gasteiger partial charge in [0.05, 0.1) is 25.1 Å². The molecule has 1 amide bonds. The third-order valence-corrected chi connectivity index (χ3v) is 5.48. The number of amides is 1. The van der Waals surface area contributed by atoms with Crippen LogP contribution >= 0.6 is 0 Å². The van der Waals surface area contributed by atoms with E-state index in [9.17, 15) is 23.1 Å². The topological polar surface area (TPSA) is 61.8 Å². The van der Waals surface area contributed by atoms with E-state index in [1.807, 2.05) is 0 Å². The van der Waals surface area contributed by atoms with E-state index in [1.54, 1.807) is 31.4 Å². The van der Waals surface area contributed by atoms with Crippen LogP contribution in [0.5, 0.6) is 5.75 Å². The molecule has 0 aliphatic carbocycles. The van der Waals surface area contributed by atoms with Crippen molar-refractivity contribution >= 4 is 5.91 Å². The van der Waals surface area contributed by atoms with Gasteiger partial charge in [0.15, 0.2) is 0 Å². The van der Waals surface area contributed by atoms with Gasteiger partial charge in [0.25, 0.3) is 0 Å². The van der Waals surface area contributed by atoms with E-state index in [0.717, 1.165) is 38.1 Å². The van der Waals surface area contributed by atoms with Crippen molar-refractivity contribution in [3.8, 4) is 5.75 Å². The SMILES string of the molecule is COc1ccc([C@H](O)[C@@H](CN2CCCC2)NC(=O)Cc2ccc(C(F)(F)F)cc2)cc1. The molecule has 168 valence electrons. The predicted molar refractivity (Wildman–Crippen MR) is 111 cm³/mol. The molecule has 2 N–H and O–H groups in total. The van der Waals surface area contributed by atoms with Gasteiger partial charge >= 0.3 is 6.18 Å². The van der Waals surface area contributed by atoms with Crippen molar-refractivity contribution in [3.63, 3.8) is 0 Å². The highest BCUT2D eigenvalue weighted by Crippen LogP contribution is 2.29. The molecule has 0 aromatic heterocycles. The lowest BCUT2D eigenvalue weighted by molar-refractivity contribution is -0.137. The number of ether oxygens (including phenoxy) is 1. The van der Waals surface area contributed by atoms with Crippen molar-refractivity contribution < 1.29 is 27.8 Å². The Morgan fingerprint density at radius 2 is 1.71 bits per heavy atom. The van der Waals surface area contributed by atoms with Gasteiger partial charge in [-0.15, -0.1) is 0 Å². The number of hydrogen-bond acceptors (Lipinski definition) is 4. The molecule has 3 rings (SSSR count). The second-order valence-corrected chi connectivity index (χ2v) is 7.77. The second kappa shape index (κ2) is 10.2. The summed E-state index contributed by atoms with van der Waals surface area (Å²) in [6.07, 6.45) is -3.26. The van der Waals surface area contributed by atoms with Gasteiger partial charge in [-0.25, -0.2) is 0 Å². The zero-order valence-corrected chi connectivity index (χ0v) is 17.4. The number of alkyl halides is 3. The number of aliphatic hydroxyl groups is 1. The highest BCUT2D eigenvalue weighted by Gasteiger charge is 2.30. The standard InChI is InChI=1S/C23H27F3N2O3/c1-31-19-10-6-17(7-11-19)22(30)20(15-28-12-2-3-13-28)27-21(29)14-16-4-8-18(9-5-16)23(24,25)26/h4-11,20,22,30H,2-3,12-15H2,1H3,(H,27,29)/t20-,22+/m1/s1. The Morgan fingerprint density at radius 3 is 2.26 bits per heavy atom. The summed E-state index contributed by atoms with van der Waals surface area (Å²) >= 11 is 0. The van der Waals surface area contributed by atoms with Crippen LogP contribution in [0.4, 0.5) is 13.2 Å². The van der Waals surface area contributed by atoms with Gasteiger partial charge in [-0.2, -0.15) is 13.2 Å². The molecule has 8 heteroatoms. The number of hydrogen-bond donors (Lipinski definition) is 2. The van der Waals surface area contributed by atoms with Crippen molar-refractivity contribution in [2.24, 2.45) is 0 Å². The van der Waals surface area contributed by atoms with Crippen LogP contribution in [0, 0.1) is 0 Å². The zero-order chi connectivity index (χ0) is 22.4. The molecule has 1 aliphatic heterocycles. The maximum Gasteiger partial charge on any atom is 0.416 e. The Balaban J connectivity index is 1.68. The van der Waals surface area contributed by atoms with E-state index in [1.165, 1.54) is 12.1 Å². The molecule has 31 heavy (non-hydrogen) atoms. The molecule has 1 saturated heterocycles. The number of carbonyl (C=O) groups is 1. The summed E-state index contributed by atoms with van der Waals surface area (Å²) in [6, 6.07) is 11.0. The Labute approximate surface area is 179 Å². The molecular formula is C23H27F3N2O3. The highest BCUT2D eigenvalue weighted by atomic mass is 19.4. The molecule has 0 bridgehead atoms. The fourth-order valence-corrected chi connectivity index (χ4v) is 3.76. The summed E-state index contributed by atoms with van der Waals surface area (Å²) in [6.45, 7) is 2.30. The fourth-order valence-electron chi connectivity index (χ4n) is 3.76. The predicted octanol–water partition coefficient (Wildman–Crippen LogP) is 3.57. The van der Waals surface area contributed by atoms with Gasteiger partial charge in [-0.3, -0.25) is 4.79 Å². The van der Waals surface area contributed by atoms with Gasteiger partial charge in [-0.05, 0) is 61.3 Å². The van der Waals surface area contributed by atoms with Gasteiger partial charge < -0.3 is 20.1 Å². The molecular weight excluding hydrogens is 409 g/mol. The van der Waals surface area contributed by atoms with Gasteiger partial charge in [0, 0.05) is 6.54 Å². The van der Waals surface area contributed by atoms with Crippen LogP contribution in [0.25, 0.3) is 0 Å². The van der Waals surface area contributed by atoms with Crippen molar-refractivity contribution in [2.45, 2.75) is 37.6 Å². The minimum atomic E-state index is -4.41. The Bertz CT molecular complexity index is 848. The summed E-state index contributed by atoms with van der Waals surface area (Å²) in [5.41, 5.74) is 0.377. The number of benzene rings is 2. The number of nitrogens with one attached hydrogen (secondary N) is 1. The van der Waals surface area contributed by atoms with Crippen molar-refractivity contribution in [3.05, 3.63) is 65.2 Å². The molecule has 0 unspecified atom stereocenters. The normalized spacial score (nSPS) is 16.7.